The highest BCUT2D eigenvalue weighted by atomic mass is 32.2. The molecule has 4 rings (SSSR count). The molecule has 3 heteroatoms. The maximum absolute atomic E-state index is 5.06. The van der Waals surface area contributed by atoms with Crippen molar-refractivity contribution in [3.05, 3.63) is 108 Å². The van der Waals surface area contributed by atoms with Gasteiger partial charge in [0.25, 0.3) is 0 Å². The van der Waals surface area contributed by atoms with Gasteiger partial charge in [-0.15, -0.1) is 11.8 Å². The van der Waals surface area contributed by atoms with Crippen LogP contribution in [0.15, 0.2) is 96.0 Å². The number of aliphatic imine (C=N–C) groups is 1. The van der Waals surface area contributed by atoms with Gasteiger partial charge in [-0.1, -0.05) is 91.0 Å². The molecular formula is C24H24N2S. The quantitative estimate of drug-likeness (QED) is 0.611. The van der Waals surface area contributed by atoms with Crippen LogP contribution in [0.25, 0.3) is 0 Å². The van der Waals surface area contributed by atoms with E-state index in [9.17, 15) is 0 Å². The van der Waals surface area contributed by atoms with Crippen LogP contribution in [0, 0.1) is 0 Å². The fourth-order valence-corrected chi connectivity index (χ4v) is 4.37. The Kier molecular flexibility index (Phi) is 5.90. The standard InChI is InChI=1S/C24H24N2S/c1-4-10-19(11-5-1)16-22-24(21-14-8-3-9-15-21)26-23(25-22)18-27-17-20-12-6-2-7-13-20/h1-15,22,24H,16-18H2,(H,25,26). The third kappa shape index (κ3) is 4.81. The lowest BCUT2D eigenvalue weighted by atomic mass is 9.95. The molecule has 0 spiro atoms. The van der Waals surface area contributed by atoms with Crippen molar-refractivity contribution in [2.75, 3.05) is 5.75 Å². The SMILES string of the molecule is c1ccc(CSCC2=NC(Cc3ccccc3)C(c3ccccc3)N2)cc1. The Morgan fingerprint density at radius 3 is 1.96 bits per heavy atom. The second kappa shape index (κ2) is 8.92. The zero-order chi connectivity index (χ0) is 18.3. The Morgan fingerprint density at radius 2 is 1.30 bits per heavy atom. The first-order chi connectivity index (χ1) is 13.4. The summed E-state index contributed by atoms with van der Waals surface area (Å²) in [6, 6.07) is 32.5. The molecule has 0 bridgehead atoms. The van der Waals surface area contributed by atoms with Gasteiger partial charge in [-0.2, -0.15) is 0 Å². The summed E-state index contributed by atoms with van der Waals surface area (Å²) in [4.78, 5) is 5.06. The van der Waals surface area contributed by atoms with Crippen LogP contribution in [-0.4, -0.2) is 17.6 Å². The lowest BCUT2D eigenvalue weighted by Gasteiger charge is -2.19. The molecule has 2 atom stereocenters. The molecule has 3 aromatic carbocycles. The summed E-state index contributed by atoms with van der Waals surface area (Å²) >= 11 is 1.92. The Morgan fingerprint density at radius 1 is 0.704 bits per heavy atom. The van der Waals surface area contributed by atoms with Gasteiger partial charge in [0.1, 0.15) is 5.84 Å². The van der Waals surface area contributed by atoms with E-state index in [-0.39, 0.29) is 12.1 Å². The first-order valence-corrected chi connectivity index (χ1v) is 10.6. The Labute approximate surface area is 165 Å². The number of benzene rings is 3. The minimum Gasteiger partial charge on any atom is -0.364 e. The Balaban J connectivity index is 1.44. The van der Waals surface area contributed by atoms with Crippen molar-refractivity contribution >= 4 is 17.6 Å². The van der Waals surface area contributed by atoms with Crippen LogP contribution in [0.2, 0.25) is 0 Å². The van der Waals surface area contributed by atoms with Gasteiger partial charge in [0.05, 0.1) is 17.8 Å². The van der Waals surface area contributed by atoms with Crippen LogP contribution in [0.3, 0.4) is 0 Å². The summed E-state index contributed by atoms with van der Waals surface area (Å²) in [6.45, 7) is 0. The molecule has 27 heavy (non-hydrogen) atoms. The van der Waals surface area contributed by atoms with Crippen molar-refractivity contribution in [2.24, 2.45) is 4.99 Å². The molecule has 2 unspecified atom stereocenters. The van der Waals surface area contributed by atoms with Gasteiger partial charge in [0, 0.05) is 5.75 Å². The van der Waals surface area contributed by atoms with E-state index >= 15 is 0 Å². The highest BCUT2D eigenvalue weighted by molar-refractivity contribution is 7.99. The van der Waals surface area contributed by atoms with Gasteiger partial charge in [-0.05, 0) is 23.1 Å². The topological polar surface area (TPSA) is 24.4 Å². The third-order valence-corrected chi connectivity index (χ3v) is 5.84. The van der Waals surface area contributed by atoms with Crippen molar-refractivity contribution < 1.29 is 0 Å². The van der Waals surface area contributed by atoms with Crippen LogP contribution in [0.4, 0.5) is 0 Å². The zero-order valence-electron chi connectivity index (χ0n) is 15.3. The summed E-state index contributed by atoms with van der Waals surface area (Å²) in [7, 11) is 0. The highest BCUT2D eigenvalue weighted by Gasteiger charge is 2.29. The second-order valence-corrected chi connectivity index (χ2v) is 7.83. The summed E-state index contributed by atoms with van der Waals surface area (Å²) in [6.07, 6.45) is 0.959. The molecule has 3 aromatic rings. The number of thioether (sulfide) groups is 1. The number of amidine groups is 1. The summed E-state index contributed by atoms with van der Waals surface area (Å²) < 4.78 is 0. The van der Waals surface area contributed by atoms with E-state index in [2.05, 4.69) is 96.3 Å². The molecule has 1 aliphatic heterocycles. The van der Waals surface area contributed by atoms with Gasteiger partial charge < -0.3 is 5.32 Å². The van der Waals surface area contributed by atoms with Crippen molar-refractivity contribution in [1.82, 2.24) is 5.32 Å². The largest absolute Gasteiger partial charge is 0.364 e. The Hall–Kier alpha value is -2.52. The smallest absolute Gasteiger partial charge is 0.107 e. The normalized spacial score (nSPS) is 18.7. The molecule has 0 radical (unpaired) electrons. The molecule has 0 amide bonds. The molecular weight excluding hydrogens is 348 g/mol. The first kappa shape index (κ1) is 17.9. The van der Waals surface area contributed by atoms with Crippen LogP contribution in [-0.2, 0) is 12.2 Å². The van der Waals surface area contributed by atoms with Gasteiger partial charge in [-0.25, -0.2) is 0 Å². The zero-order valence-corrected chi connectivity index (χ0v) is 16.1. The van der Waals surface area contributed by atoms with E-state index in [1.54, 1.807) is 0 Å². The van der Waals surface area contributed by atoms with Crippen molar-refractivity contribution in [3.63, 3.8) is 0 Å². The maximum Gasteiger partial charge on any atom is 0.107 e. The molecule has 0 aromatic heterocycles. The van der Waals surface area contributed by atoms with Crippen molar-refractivity contribution in [2.45, 2.75) is 24.3 Å². The summed E-state index contributed by atoms with van der Waals surface area (Å²) in [5.74, 6) is 3.05. The lowest BCUT2D eigenvalue weighted by Crippen LogP contribution is -2.28. The molecule has 1 heterocycles. The van der Waals surface area contributed by atoms with Gasteiger partial charge in [-0.3, -0.25) is 4.99 Å². The summed E-state index contributed by atoms with van der Waals surface area (Å²) in [5, 5.41) is 3.69. The fraction of sp³-hybridized carbons (Fsp3) is 0.208. The number of hydrogen-bond donors (Lipinski definition) is 1. The van der Waals surface area contributed by atoms with E-state index in [0.717, 1.165) is 23.8 Å². The van der Waals surface area contributed by atoms with E-state index in [1.807, 2.05) is 11.8 Å². The monoisotopic (exact) mass is 372 g/mol. The predicted molar refractivity (Wildman–Crippen MR) is 116 cm³/mol. The van der Waals surface area contributed by atoms with Gasteiger partial charge in [0.2, 0.25) is 0 Å². The Bertz CT molecular complexity index is 863. The first-order valence-electron chi connectivity index (χ1n) is 9.42. The highest BCUT2D eigenvalue weighted by Crippen LogP contribution is 2.27. The number of nitrogens with one attached hydrogen (secondary N) is 1. The molecule has 0 fully saturated rings. The fourth-order valence-electron chi connectivity index (χ4n) is 3.49. The van der Waals surface area contributed by atoms with Crippen LogP contribution in [0.1, 0.15) is 22.7 Å². The van der Waals surface area contributed by atoms with Gasteiger partial charge >= 0.3 is 0 Å². The average Bonchev–Trinajstić information content (AvgIpc) is 3.13. The lowest BCUT2D eigenvalue weighted by molar-refractivity contribution is 0.545. The number of rotatable bonds is 7. The predicted octanol–water partition coefficient (Wildman–Crippen LogP) is 5.27. The average molecular weight is 373 g/mol. The molecule has 0 aliphatic carbocycles. The van der Waals surface area contributed by atoms with Crippen LogP contribution in [0.5, 0.6) is 0 Å². The molecule has 2 nitrogen and oxygen atoms in total. The molecule has 1 aliphatic rings. The third-order valence-electron chi connectivity index (χ3n) is 4.83. The van der Waals surface area contributed by atoms with Crippen LogP contribution < -0.4 is 5.32 Å². The summed E-state index contributed by atoms with van der Waals surface area (Å²) in [5.41, 5.74) is 4.01. The van der Waals surface area contributed by atoms with E-state index in [0.29, 0.717) is 0 Å². The second-order valence-electron chi connectivity index (χ2n) is 6.84. The number of nitrogens with zero attached hydrogens (tertiary/aromatic N) is 1. The van der Waals surface area contributed by atoms with E-state index in [4.69, 9.17) is 4.99 Å². The minimum atomic E-state index is 0.238. The van der Waals surface area contributed by atoms with Crippen molar-refractivity contribution in [1.29, 1.82) is 0 Å². The maximum atomic E-state index is 5.06. The molecule has 0 saturated carbocycles. The minimum absolute atomic E-state index is 0.238. The van der Waals surface area contributed by atoms with Gasteiger partial charge in [0.15, 0.2) is 0 Å². The van der Waals surface area contributed by atoms with Crippen LogP contribution >= 0.6 is 11.8 Å². The molecule has 1 N–H and O–H groups in total. The van der Waals surface area contributed by atoms with E-state index in [1.165, 1.54) is 16.7 Å². The molecule has 136 valence electrons. The van der Waals surface area contributed by atoms with E-state index < -0.39 is 0 Å². The van der Waals surface area contributed by atoms with Crippen molar-refractivity contribution in [3.8, 4) is 0 Å². The molecule has 0 saturated heterocycles. The number of hydrogen-bond acceptors (Lipinski definition) is 3.